The molecule has 0 saturated carbocycles. The monoisotopic (exact) mass is 194 g/mol. The second-order valence-electron chi connectivity index (χ2n) is 3.45. The van der Waals surface area contributed by atoms with Crippen LogP contribution in [0.15, 0.2) is 11.0 Å². The van der Waals surface area contributed by atoms with Crippen LogP contribution < -0.4 is 15.8 Å². The second-order valence-corrected chi connectivity index (χ2v) is 3.45. The lowest BCUT2D eigenvalue weighted by atomic mass is 10.2. The van der Waals surface area contributed by atoms with Crippen LogP contribution >= 0.6 is 0 Å². The fraction of sp³-hybridized carbons (Fsp3) is 0.556. The van der Waals surface area contributed by atoms with Crippen LogP contribution in [0.1, 0.15) is 5.56 Å². The summed E-state index contributed by atoms with van der Waals surface area (Å²) in [5.41, 5.74) is 1.61. The van der Waals surface area contributed by atoms with E-state index in [9.17, 15) is 4.79 Å². The molecule has 5 heteroatoms. The minimum absolute atomic E-state index is 0.0963. The van der Waals surface area contributed by atoms with Crippen molar-refractivity contribution in [2.45, 2.75) is 6.92 Å². The zero-order valence-corrected chi connectivity index (χ0v) is 8.21. The zero-order chi connectivity index (χ0) is 9.97. The fourth-order valence-corrected chi connectivity index (χ4v) is 1.67. The molecule has 2 heterocycles. The highest BCUT2D eigenvalue weighted by molar-refractivity contribution is 5.50. The molecule has 14 heavy (non-hydrogen) atoms. The first-order valence-corrected chi connectivity index (χ1v) is 4.79. The Balaban J connectivity index is 2.30. The maximum absolute atomic E-state index is 11.3. The van der Waals surface area contributed by atoms with Gasteiger partial charge in [-0.1, -0.05) is 0 Å². The van der Waals surface area contributed by atoms with Crippen molar-refractivity contribution in [3.05, 3.63) is 22.1 Å². The van der Waals surface area contributed by atoms with Gasteiger partial charge in [-0.05, 0) is 6.92 Å². The van der Waals surface area contributed by atoms with Crippen LogP contribution in [0.25, 0.3) is 0 Å². The predicted molar refractivity (Wildman–Crippen MR) is 54.7 cm³/mol. The average Bonchev–Trinajstić information content (AvgIpc) is 2.23. The number of H-pyrrole nitrogens is 1. The summed E-state index contributed by atoms with van der Waals surface area (Å²) in [5, 5.41) is 9.52. The van der Waals surface area contributed by atoms with Crippen molar-refractivity contribution in [2.75, 3.05) is 31.1 Å². The molecular weight excluding hydrogens is 180 g/mol. The second kappa shape index (κ2) is 3.79. The van der Waals surface area contributed by atoms with Crippen molar-refractivity contribution in [2.24, 2.45) is 0 Å². The van der Waals surface area contributed by atoms with Crippen LogP contribution in [0.5, 0.6) is 0 Å². The van der Waals surface area contributed by atoms with Gasteiger partial charge < -0.3 is 10.2 Å². The van der Waals surface area contributed by atoms with Crippen LogP contribution in [-0.4, -0.2) is 36.4 Å². The van der Waals surface area contributed by atoms with Crippen molar-refractivity contribution < 1.29 is 0 Å². The topological polar surface area (TPSA) is 61.0 Å². The van der Waals surface area contributed by atoms with Crippen LogP contribution in [0.3, 0.4) is 0 Å². The molecule has 5 nitrogen and oxygen atoms in total. The van der Waals surface area contributed by atoms with Crippen molar-refractivity contribution in [3.8, 4) is 0 Å². The Morgan fingerprint density at radius 1 is 1.43 bits per heavy atom. The molecule has 2 N–H and O–H groups in total. The molecule has 1 aliphatic heterocycles. The molecule has 1 aliphatic rings. The van der Waals surface area contributed by atoms with Gasteiger partial charge in [-0.25, -0.2) is 5.10 Å². The molecule has 76 valence electrons. The standard InChI is InChI=1S/C9H14N4O/c1-7-8(6-11-12-9(7)14)13-4-2-10-3-5-13/h6,10H,2-5H2,1H3,(H,12,14). The van der Waals surface area contributed by atoms with Crippen molar-refractivity contribution in [1.29, 1.82) is 0 Å². The summed E-state index contributed by atoms with van der Waals surface area (Å²) in [7, 11) is 0. The quantitative estimate of drug-likeness (QED) is 0.632. The van der Waals surface area contributed by atoms with E-state index in [1.165, 1.54) is 0 Å². The number of anilines is 1. The summed E-state index contributed by atoms with van der Waals surface area (Å²) in [5.74, 6) is 0. The first kappa shape index (κ1) is 9.21. The summed E-state index contributed by atoms with van der Waals surface area (Å²) in [4.78, 5) is 13.5. The molecular formula is C9H14N4O. The summed E-state index contributed by atoms with van der Waals surface area (Å²) in [6.45, 7) is 5.63. The SMILES string of the molecule is Cc1c(N2CCNCC2)cn[nH]c1=O. The summed E-state index contributed by atoms with van der Waals surface area (Å²) in [6, 6.07) is 0. The van der Waals surface area contributed by atoms with Gasteiger partial charge in [0.2, 0.25) is 0 Å². The third kappa shape index (κ3) is 1.63. The Morgan fingerprint density at radius 2 is 2.14 bits per heavy atom. The van der Waals surface area contributed by atoms with E-state index >= 15 is 0 Å². The Labute approximate surface area is 82.1 Å². The van der Waals surface area contributed by atoms with Crippen LogP contribution in [0.2, 0.25) is 0 Å². The Bertz CT molecular complexity index is 367. The highest BCUT2D eigenvalue weighted by Gasteiger charge is 2.13. The van der Waals surface area contributed by atoms with E-state index in [-0.39, 0.29) is 5.56 Å². The molecule has 0 amide bonds. The fourth-order valence-electron chi connectivity index (χ4n) is 1.67. The third-order valence-electron chi connectivity index (χ3n) is 2.54. The van der Waals surface area contributed by atoms with E-state index in [2.05, 4.69) is 20.4 Å². The van der Waals surface area contributed by atoms with E-state index in [0.717, 1.165) is 37.4 Å². The van der Waals surface area contributed by atoms with Gasteiger partial charge in [0, 0.05) is 31.7 Å². The van der Waals surface area contributed by atoms with E-state index in [4.69, 9.17) is 0 Å². The van der Waals surface area contributed by atoms with Gasteiger partial charge in [0.15, 0.2) is 0 Å². The molecule has 1 aromatic rings. The summed E-state index contributed by atoms with van der Waals surface area (Å²) < 4.78 is 0. The third-order valence-corrected chi connectivity index (χ3v) is 2.54. The van der Waals surface area contributed by atoms with Gasteiger partial charge in [-0.2, -0.15) is 5.10 Å². The van der Waals surface area contributed by atoms with Crippen molar-refractivity contribution in [1.82, 2.24) is 15.5 Å². The van der Waals surface area contributed by atoms with Gasteiger partial charge in [0.05, 0.1) is 11.9 Å². The number of hydrogen-bond donors (Lipinski definition) is 2. The Kier molecular flexibility index (Phi) is 2.49. The first-order chi connectivity index (χ1) is 6.79. The normalized spacial score (nSPS) is 17.1. The molecule has 0 aromatic carbocycles. The lowest BCUT2D eigenvalue weighted by molar-refractivity contribution is 0.587. The predicted octanol–water partition coefficient (Wildman–Crippen LogP) is -0.512. The number of rotatable bonds is 1. The first-order valence-electron chi connectivity index (χ1n) is 4.79. The minimum Gasteiger partial charge on any atom is -0.367 e. The molecule has 1 aromatic heterocycles. The van der Waals surface area contributed by atoms with Crippen molar-refractivity contribution in [3.63, 3.8) is 0 Å². The number of hydrogen-bond acceptors (Lipinski definition) is 4. The van der Waals surface area contributed by atoms with E-state index in [1.54, 1.807) is 6.20 Å². The van der Waals surface area contributed by atoms with Crippen molar-refractivity contribution >= 4 is 5.69 Å². The Hall–Kier alpha value is -1.36. The molecule has 1 fully saturated rings. The van der Waals surface area contributed by atoms with Crippen LogP contribution in [0, 0.1) is 6.92 Å². The number of nitrogens with one attached hydrogen (secondary N) is 2. The van der Waals surface area contributed by atoms with Gasteiger partial charge >= 0.3 is 0 Å². The maximum atomic E-state index is 11.3. The molecule has 0 spiro atoms. The number of nitrogens with zero attached hydrogens (tertiary/aromatic N) is 2. The molecule has 0 radical (unpaired) electrons. The van der Waals surface area contributed by atoms with E-state index in [0.29, 0.717) is 0 Å². The summed E-state index contributed by atoms with van der Waals surface area (Å²) in [6.07, 6.45) is 1.72. The molecule has 0 unspecified atom stereocenters. The van der Waals surface area contributed by atoms with Gasteiger partial charge in [0.1, 0.15) is 0 Å². The number of aromatic nitrogens is 2. The van der Waals surface area contributed by atoms with Gasteiger partial charge in [-0.15, -0.1) is 0 Å². The van der Waals surface area contributed by atoms with E-state index in [1.807, 2.05) is 6.92 Å². The highest BCUT2D eigenvalue weighted by Crippen LogP contribution is 2.14. The van der Waals surface area contributed by atoms with Crippen LogP contribution in [0.4, 0.5) is 5.69 Å². The lowest BCUT2D eigenvalue weighted by Gasteiger charge is -2.29. The highest BCUT2D eigenvalue weighted by atomic mass is 16.1. The molecule has 0 atom stereocenters. The Morgan fingerprint density at radius 3 is 2.86 bits per heavy atom. The van der Waals surface area contributed by atoms with E-state index < -0.39 is 0 Å². The number of aromatic amines is 1. The summed E-state index contributed by atoms with van der Waals surface area (Å²) >= 11 is 0. The zero-order valence-electron chi connectivity index (χ0n) is 8.21. The minimum atomic E-state index is -0.0963. The van der Waals surface area contributed by atoms with Gasteiger partial charge in [-0.3, -0.25) is 4.79 Å². The van der Waals surface area contributed by atoms with Gasteiger partial charge in [0.25, 0.3) is 5.56 Å². The van der Waals surface area contributed by atoms with Crippen LogP contribution in [-0.2, 0) is 0 Å². The molecule has 2 rings (SSSR count). The average molecular weight is 194 g/mol. The largest absolute Gasteiger partial charge is 0.367 e. The maximum Gasteiger partial charge on any atom is 0.269 e. The smallest absolute Gasteiger partial charge is 0.269 e. The molecule has 0 aliphatic carbocycles. The lowest BCUT2D eigenvalue weighted by Crippen LogP contribution is -2.44. The number of piperazine rings is 1. The molecule has 1 saturated heterocycles. The molecule has 0 bridgehead atoms.